The lowest BCUT2D eigenvalue weighted by atomic mass is 10.4. The molecule has 0 aliphatic carbocycles. The molecule has 2 N–H and O–H groups in total. The van der Waals surface area contributed by atoms with E-state index >= 15 is 0 Å². The first-order chi connectivity index (χ1) is 5.18. The predicted molar refractivity (Wildman–Crippen MR) is 43.6 cm³/mol. The summed E-state index contributed by atoms with van der Waals surface area (Å²) in [4.78, 5) is 13.9. The zero-order chi connectivity index (χ0) is 8.27. The first-order valence-corrected chi connectivity index (χ1v) is 3.58. The summed E-state index contributed by atoms with van der Waals surface area (Å²) in [6, 6.07) is 1.63. The van der Waals surface area contributed by atoms with Crippen LogP contribution in [0.15, 0.2) is 22.9 Å². The van der Waals surface area contributed by atoms with Gasteiger partial charge in [0.05, 0.1) is 11.9 Å². The standard InChI is InChI=1S/C6H5BrN2O2/c7-4-1-5(3-8-2-4)9-6(10)11/h1-3,9H,(H,10,11). The van der Waals surface area contributed by atoms with Gasteiger partial charge >= 0.3 is 6.09 Å². The van der Waals surface area contributed by atoms with E-state index in [1.807, 2.05) is 0 Å². The molecule has 0 aliphatic rings. The van der Waals surface area contributed by atoms with Crippen molar-refractivity contribution < 1.29 is 9.90 Å². The highest BCUT2D eigenvalue weighted by atomic mass is 79.9. The second-order valence-electron chi connectivity index (χ2n) is 1.82. The van der Waals surface area contributed by atoms with Crippen LogP contribution in [0, 0.1) is 0 Å². The lowest BCUT2D eigenvalue weighted by Gasteiger charge is -1.98. The van der Waals surface area contributed by atoms with Crippen LogP contribution >= 0.6 is 15.9 Å². The van der Waals surface area contributed by atoms with Crippen molar-refractivity contribution in [2.75, 3.05) is 5.32 Å². The molecule has 0 fully saturated rings. The van der Waals surface area contributed by atoms with Gasteiger partial charge in [0.2, 0.25) is 0 Å². The molecule has 58 valence electrons. The number of aromatic nitrogens is 1. The Kier molecular flexibility index (Phi) is 2.43. The summed E-state index contributed by atoms with van der Waals surface area (Å²) >= 11 is 3.16. The zero-order valence-electron chi connectivity index (χ0n) is 5.41. The number of nitrogens with zero attached hydrogens (tertiary/aromatic N) is 1. The number of halogens is 1. The highest BCUT2D eigenvalue weighted by molar-refractivity contribution is 9.10. The van der Waals surface area contributed by atoms with E-state index in [1.165, 1.54) is 6.20 Å². The molecule has 4 nitrogen and oxygen atoms in total. The van der Waals surface area contributed by atoms with E-state index < -0.39 is 6.09 Å². The van der Waals surface area contributed by atoms with Gasteiger partial charge in [0.15, 0.2) is 0 Å². The lowest BCUT2D eigenvalue weighted by molar-refractivity contribution is 0.209. The minimum atomic E-state index is -1.09. The van der Waals surface area contributed by atoms with Crippen LogP contribution in [0.25, 0.3) is 0 Å². The number of hydrogen-bond donors (Lipinski definition) is 2. The molecule has 11 heavy (non-hydrogen) atoms. The van der Waals surface area contributed by atoms with Gasteiger partial charge in [-0.05, 0) is 22.0 Å². The smallest absolute Gasteiger partial charge is 0.409 e. The number of carboxylic acid groups (broad SMARTS) is 1. The maximum atomic E-state index is 10.1. The molecule has 1 heterocycles. The summed E-state index contributed by atoms with van der Waals surface area (Å²) in [5.41, 5.74) is 0.451. The van der Waals surface area contributed by atoms with E-state index in [-0.39, 0.29) is 0 Å². The van der Waals surface area contributed by atoms with E-state index in [0.29, 0.717) is 5.69 Å². The number of anilines is 1. The highest BCUT2D eigenvalue weighted by Gasteiger charge is 1.97. The van der Waals surface area contributed by atoms with Gasteiger partial charge in [-0.3, -0.25) is 10.3 Å². The van der Waals surface area contributed by atoms with Crippen LogP contribution in [0.3, 0.4) is 0 Å². The molecule has 1 aromatic rings. The van der Waals surface area contributed by atoms with Crippen molar-refractivity contribution in [3.8, 4) is 0 Å². The van der Waals surface area contributed by atoms with Crippen molar-refractivity contribution >= 4 is 27.7 Å². The van der Waals surface area contributed by atoms with Gasteiger partial charge < -0.3 is 5.11 Å². The Morgan fingerprint density at radius 3 is 2.91 bits per heavy atom. The molecule has 0 spiro atoms. The molecule has 5 heteroatoms. The molecule has 0 radical (unpaired) electrons. The maximum absolute atomic E-state index is 10.1. The second kappa shape index (κ2) is 3.34. The van der Waals surface area contributed by atoms with Crippen molar-refractivity contribution in [1.82, 2.24) is 4.98 Å². The van der Waals surface area contributed by atoms with Gasteiger partial charge in [0.25, 0.3) is 0 Å². The van der Waals surface area contributed by atoms with Crippen LogP contribution in [0.2, 0.25) is 0 Å². The van der Waals surface area contributed by atoms with Gasteiger partial charge in [-0.2, -0.15) is 0 Å². The number of pyridine rings is 1. The van der Waals surface area contributed by atoms with Gasteiger partial charge in [-0.1, -0.05) is 0 Å². The first kappa shape index (κ1) is 8.00. The molecule has 0 saturated heterocycles. The van der Waals surface area contributed by atoms with Crippen molar-refractivity contribution in [2.24, 2.45) is 0 Å². The first-order valence-electron chi connectivity index (χ1n) is 2.79. The third-order valence-electron chi connectivity index (χ3n) is 0.956. The summed E-state index contributed by atoms with van der Waals surface area (Å²) in [7, 11) is 0. The summed E-state index contributed by atoms with van der Waals surface area (Å²) < 4.78 is 0.740. The Labute approximate surface area is 71.4 Å². The van der Waals surface area contributed by atoms with Gasteiger partial charge in [0, 0.05) is 10.7 Å². The van der Waals surface area contributed by atoms with Crippen molar-refractivity contribution in [2.45, 2.75) is 0 Å². The molecular formula is C6H5BrN2O2. The Bertz CT molecular complexity index is 277. The molecule has 1 rings (SSSR count). The number of nitrogens with one attached hydrogen (secondary N) is 1. The van der Waals surface area contributed by atoms with Crippen LogP contribution in [-0.2, 0) is 0 Å². The number of carbonyl (C=O) groups is 1. The lowest BCUT2D eigenvalue weighted by Crippen LogP contribution is -2.07. The normalized spacial score (nSPS) is 9.18. The Morgan fingerprint density at radius 1 is 1.64 bits per heavy atom. The third kappa shape index (κ3) is 2.55. The molecule has 0 saturated carbocycles. The topological polar surface area (TPSA) is 62.2 Å². The van der Waals surface area contributed by atoms with Crippen LogP contribution < -0.4 is 5.32 Å². The molecule has 0 bridgehead atoms. The minimum absolute atomic E-state index is 0.451. The third-order valence-corrected chi connectivity index (χ3v) is 1.39. The molecule has 0 unspecified atom stereocenters. The quantitative estimate of drug-likeness (QED) is 0.755. The van der Waals surface area contributed by atoms with E-state index in [0.717, 1.165) is 4.47 Å². The SMILES string of the molecule is O=C(O)Nc1cncc(Br)c1. The van der Waals surface area contributed by atoms with E-state index in [9.17, 15) is 4.79 Å². The van der Waals surface area contributed by atoms with E-state index in [4.69, 9.17) is 5.11 Å². The monoisotopic (exact) mass is 216 g/mol. The van der Waals surface area contributed by atoms with Crippen LogP contribution in [0.1, 0.15) is 0 Å². The van der Waals surface area contributed by atoms with Gasteiger partial charge in [-0.15, -0.1) is 0 Å². The average Bonchev–Trinajstić information content (AvgIpc) is 1.85. The van der Waals surface area contributed by atoms with E-state index in [1.54, 1.807) is 12.3 Å². The van der Waals surface area contributed by atoms with Crippen molar-refractivity contribution in [3.05, 3.63) is 22.9 Å². The summed E-state index contributed by atoms with van der Waals surface area (Å²) in [6.07, 6.45) is 1.91. The predicted octanol–water partition coefficient (Wildman–Crippen LogP) is 1.93. The highest BCUT2D eigenvalue weighted by Crippen LogP contribution is 2.12. The Hall–Kier alpha value is -1.10. The Balaban J connectivity index is 2.79. The van der Waals surface area contributed by atoms with Crippen LogP contribution in [0.4, 0.5) is 10.5 Å². The van der Waals surface area contributed by atoms with Crippen LogP contribution in [0.5, 0.6) is 0 Å². The van der Waals surface area contributed by atoms with Gasteiger partial charge in [0.1, 0.15) is 0 Å². The molecule has 0 aromatic carbocycles. The fourth-order valence-corrected chi connectivity index (χ4v) is 0.969. The summed E-state index contributed by atoms with van der Waals surface area (Å²) in [6.45, 7) is 0. The fourth-order valence-electron chi connectivity index (χ4n) is 0.604. The number of rotatable bonds is 1. The van der Waals surface area contributed by atoms with Crippen LogP contribution in [-0.4, -0.2) is 16.2 Å². The van der Waals surface area contributed by atoms with Crippen molar-refractivity contribution in [1.29, 1.82) is 0 Å². The summed E-state index contributed by atoms with van der Waals surface area (Å²) in [5, 5.41) is 10.5. The molecule has 1 amide bonds. The largest absolute Gasteiger partial charge is 0.465 e. The summed E-state index contributed by atoms with van der Waals surface area (Å²) in [5.74, 6) is 0. The molecular weight excluding hydrogens is 212 g/mol. The fraction of sp³-hybridized carbons (Fsp3) is 0. The number of amides is 1. The molecule has 0 atom stereocenters. The minimum Gasteiger partial charge on any atom is -0.465 e. The van der Waals surface area contributed by atoms with Gasteiger partial charge in [-0.25, -0.2) is 4.79 Å². The Morgan fingerprint density at radius 2 is 2.36 bits per heavy atom. The average molecular weight is 217 g/mol. The molecule has 0 aliphatic heterocycles. The van der Waals surface area contributed by atoms with E-state index in [2.05, 4.69) is 26.2 Å². The second-order valence-corrected chi connectivity index (χ2v) is 2.74. The molecule has 1 aromatic heterocycles. The maximum Gasteiger partial charge on any atom is 0.409 e. The number of hydrogen-bond acceptors (Lipinski definition) is 2. The zero-order valence-corrected chi connectivity index (χ0v) is 7.00. The van der Waals surface area contributed by atoms with Crippen molar-refractivity contribution in [3.63, 3.8) is 0 Å².